The van der Waals surface area contributed by atoms with Gasteiger partial charge in [-0.25, -0.2) is 9.37 Å². The van der Waals surface area contributed by atoms with Crippen LogP contribution in [0.5, 0.6) is 5.88 Å². The molecular formula is C21H20FN3O3. The molecule has 1 aromatic heterocycles. The second kappa shape index (κ2) is 7.42. The Morgan fingerprint density at radius 3 is 2.79 bits per heavy atom. The van der Waals surface area contributed by atoms with E-state index in [1.165, 1.54) is 23.2 Å². The predicted molar refractivity (Wildman–Crippen MR) is 101 cm³/mol. The molecule has 1 atom stereocenters. The smallest absolute Gasteiger partial charge is 0.259 e. The molecule has 0 aliphatic carbocycles. The maximum atomic E-state index is 13.8. The molecule has 0 N–H and O–H groups in total. The molecular weight excluding hydrogens is 361 g/mol. The lowest BCUT2D eigenvalue weighted by atomic mass is 10.1. The molecule has 0 bridgehead atoms. The van der Waals surface area contributed by atoms with Crippen LogP contribution in [0.15, 0.2) is 49.2 Å². The van der Waals surface area contributed by atoms with Crippen molar-refractivity contribution in [3.8, 4) is 5.88 Å². The zero-order chi connectivity index (χ0) is 19.7. The summed E-state index contributed by atoms with van der Waals surface area (Å²) < 4.78 is 19.4. The first-order valence-electron chi connectivity index (χ1n) is 9.19. The molecule has 28 heavy (non-hydrogen) atoms. The number of nitrogens with zero attached hydrogens (tertiary/aromatic N) is 3. The Bertz CT molecular complexity index is 911. The summed E-state index contributed by atoms with van der Waals surface area (Å²) in [6.07, 6.45) is 2.57. The molecule has 2 aliphatic rings. The number of hydrogen-bond donors (Lipinski definition) is 0. The number of carbonyl (C=O) groups excluding carboxylic acids is 2. The highest BCUT2D eigenvalue weighted by Crippen LogP contribution is 2.31. The Kier molecular flexibility index (Phi) is 4.81. The van der Waals surface area contributed by atoms with Gasteiger partial charge >= 0.3 is 0 Å². The van der Waals surface area contributed by atoms with Gasteiger partial charge in [0.05, 0.1) is 6.54 Å². The number of pyridine rings is 1. The first kappa shape index (κ1) is 18.2. The van der Waals surface area contributed by atoms with Crippen molar-refractivity contribution in [3.63, 3.8) is 0 Å². The number of likely N-dealkylation sites (tertiary alicyclic amines) is 1. The molecule has 0 unspecified atom stereocenters. The van der Waals surface area contributed by atoms with Crippen molar-refractivity contribution < 1.29 is 18.7 Å². The van der Waals surface area contributed by atoms with E-state index in [0.29, 0.717) is 30.8 Å². The summed E-state index contributed by atoms with van der Waals surface area (Å²) in [6.45, 7) is 4.80. The number of fused-ring (bicyclic) bond motifs is 1. The predicted octanol–water partition coefficient (Wildman–Crippen LogP) is 2.72. The average molecular weight is 381 g/mol. The Morgan fingerprint density at radius 2 is 2.04 bits per heavy atom. The van der Waals surface area contributed by atoms with Crippen molar-refractivity contribution in [2.24, 2.45) is 0 Å². The van der Waals surface area contributed by atoms with E-state index in [-0.39, 0.29) is 30.3 Å². The molecule has 2 aliphatic heterocycles. The van der Waals surface area contributed by atoms with Gasteiger partial charge in [0.15, 0.2) is 5.82 Å². The van der Waals surface area contributed by atoms with Crippen molar-refractivity contribution in [1.82, 2.24) is 14.8 Å². The van der Waals surface area contributed by atoms with Crippen molar-refractivity contribution in [2.45, 2.75) is 18.9 Å². The average Bonchev–Trinajstić information content (AvgIpc) is 2.95. The standard InChI is InChI=1S/C21H20FN3O3/c1-14-16-7-2-3-8-17(16)21(27)25(14)13-19(26)24-11-5-6-15(12-24)28-20-18(22)9-4-10-23-20/h2-4,7-10,15H,1,5-6,11-13H2/t15-/m1/s1. The molecule has 0 spiro atoms. The number of benzene rings is 1. The molecule has 7 heteroatoms. The van der Waals surface area contributed by atoms with Crippen LogP contribution in [0.4, 0.5) is 4.39 Å². The largest absolute Gasteiger partial charge is 0.470 e. The number of ether oxygens (including phenoxy) is 1. The zero-order valence-corrected chi connectivity index (χ0v) is 15.3. The minimum Gasteiger partial charge on any atom is -0.470 e. The molecule has 4 rings (SSSR count). The Morgan fingerprint density at radius 1 is 1.25 bits per heavy atom. The van der Waals surface area contributed by atoms with Crippen LogP contribution in [0.25, 0.3) is 5.70 Å². The molecule has 1 fully saturated rings. The van der Waals surface area contributed by atoms with Crippen molar-refractivity contribution in [3.05, 3.63) is 66.1 Å². The highest BCUT2D eigenvalue weighted by molar-refractivity contribution is 6.10. The van der Waals surface area contributed by atoms with Crippen LogP contribution >= 0.6 is 0 Å². The molecule has 0 radical (unpaired) electrons. The van der Waals surface area contributed by atoms with Crippen LogP contribution in [-0.2, 0) is 4.79 Å². The van der Waals surface area contributed by atoms with Crippen LogP contribution in [0.3, 0.4) is 0 Å². The minimum absolute atomic E-state index is 0.0552. The van der Waals surface area contributed by atoms with Crippen LogP contribution < -0.4 is 4.74 Å². The van der Waals surface area contributed by atoms with E-state index in [1.807, 2.05) is 12.1 Å². The fourth-order valence-electron chi connectivity index (χ4n) is 3.61. The lowest BCUT2D eigenvalue weighted by Gasteiger charge is -2.33. The fourth-order valence-corrected chi connectivity index (χ4v) is 3.61. The number of piperidine rings is 1. The van der Waals surface area contributed by atoms with Gasteiger partial charge in [0, 0.05) is 29.6 Å². The topological polar surface area (TPSA) is 62.7 Å². The number of carbonyl (C=O) groups is 2. The number of hydrogen-bond acceptors (Lipinski definition) is 4. The SMILES string of the molecule is C=C1c2ccccc2C(=O)N1CC(=O)N1CCC[C@@H](Oc2ncccc2F)C1. The lowest BCUT2D eigenvalue weighted by Crippen LogP contribution is -2.48. The second-order valence-electron chi connectivity index (χ2n) is 6.90. The summed E-state index contributed by atoms with van der Waals surface area (Å²) >= 11 is 0. The van der Waals surface area contributed by atoms with Crippen LogP contribution in [0.1, 0.15) is 28.8 Å². The first-order valence-corrected chi connectivity index (χ1v) is 9.19. The Balaban J connectivity index is 1.41. The highest BCUT2D eigenvalue weighted by atomic mass is 19.1. The molecule has 3 heterocycles. The maximum absolute atomic E-state index is 13.8. The van der Waals surface area contributed by atoms with E-state index in [4.69, 9.17) is 4.74 Å². The summed E-state index contributed by atoms with van der Waals surface area (Å²) in [6, 6.07) is 9.98. The molecule has 6 nitrogen and oxygen atoms in total. The third-order valence-electron chi connectivity index (χ3n) is 5.07. The van der Waals surface area contributed by atoms with Gasteiger partial charge < -0.3 is 9.64 Å². The summed E-state index contributed by atoms with van der Waals surface area (Å²) in [4.78, 5) is 32.4. The monoisotopic (exact) mass is 381 g/mol. The fraction of sp³-hybridized carbons (Fsp3) is 0.286. The van der Waals surface area contributed by atoms with E-state index >= 15 is 0 Å². The van der Waals surface area contributed by atoms with Gasteiger partial charge in [0.1, 0.15) is 12.6 Å². The van der Waals surface area contributed by atoms with E-state index < -0.39 is 5.82 Å². The van der Waals surface area contributed by atoms with Crippen molar-refractivity contribution >= 4 is 17.5 Å². The maximum Gasteiger partial charge on any atom is 0.259 e. The van der Waals surface area contributed by atoms with Gasteiger partial charge in [-0.3, -0.25) is 14.5 Å². The molecule has 144 valence electrons. The number of rotatable bonds is 4. The Hall–Kier alpha value is -3.22. The van der Waals surface area contributed by atoms with Gasteiger partial charge in [0.2, 0.25) is 5.91 Å². The van der Waals surface area contributed by atoms with Gasteiger partial charge in [0.25, 0.3) is 11.8 Å². The number of amides is 2. The normalized spacial score (nSPS) is 19.0. The first-order chi connectivity index (χ1) is 13.5. The Labute approximate surface area is 162 Å². The molecule has 1 saturated heterocycles. The quantitative estimate of drug-likeness (QED) is 0.817. The van der Waals surface area contributed by atoms with E-state index in [9.17, 15) is 14.0 Å². The van der Waals surface area contributed by atoms with Gasteiger partial charge in [-0.2, -0.15) is 0 Å². The molecule has 0 saturated carbocycles. The number of halogens is 1. The summed E-state index contributed by atoms with van der Waals surface area (Å²) in [5.41, 5.74) is 1.85. The van der Waals surface area contributed by atoms with Crippen LogP contribution in [-0.4, -0.2) is 52.3 Å². The second-order valence-corrected chi connectivity index (χ2v) is 6.90. The molecule has 1 aromatic carbocycles. The van der Waals surface area contributed by atoms with E-state index in [2.05, 4.69) is 11.6 Å². The van der Waals surface area contributed by atoms with E-state index in [1.54, 1.807) is 17.0 Å². The van der Waals surface area contributed by atoms with Gasteiger partial charge in [-0.15, -0.1) is 0 Å². The van der Waals surface area contributed by atoms with Crippen molar-refractivity contribution in [1.29, 1.82) is 0 Å². The van der Waals surface area contributed by atoms with Gasteiger partial charge in [-0.1, -0.05) is 24.8 Å². The molecule has 2 amide bonds. The number of aromatic nitrogens is 1. The van der Waals surface area contributed by atoms with Crippen molar-refractivity contribution in [2.75, 3.05) is 19.6 Å². The summed E-state index contributed by atoms with van der Waals surface area (Å²) in [5, 5.41) is 0. The zero-order valence-electron chi connectivity index (χ0n) is 15.3. The summed E-state index contributed by atoms with van der Waals surface area (Å²) in [7, 11) is 0. The highest BCUT2D eigenvalue weighted by Gasteiger charge is 2.34. The van der Waals surface area contributed by atoms with Gasteiger partial charge in [-0.05, 0) is 31.0 Å². The third-order valence-corrected chi connectivity index (χ3v) is 5.07. The van der Waals surface area contributed by atoms with E-state index in [0.717, 1.165) is 12.0 Å². The minimum atomic E-state index is -0.525. The molecule has 2 aromatic rings. The lowest BCUT2D eigenvalue weighted by molar-refractivity contribution is -0.134. The van der Waals surface area contributed by atoms with Crippen LogP contribution in [0.2, 0.25) is 0 Å². The van der Waals surface area contributed by atoms with Crippen LogP contribution in [0, 0.1) is 5.82 Å². The third kappa shape index (κ3) is 3.35. The summed E-state index contributed by atoms with van der Waals surface area (Å²) in [5.74, 6) is -0.977.